The van der Waals surface area contributed by atoms with Crippen molar-refractivity contribution < 1.29 is 13.6 Å². The highest BCUT2D eigenvalue weighted by molar-refractivity contribution is 7.77. The summed E-state index contributed by atoms with van der Waals surface area (Å²) in [5.41, 5.74) is 0.923. The molecule has 0 heterocycles. The quantitative estimate of drug-likeness (QED) is 0.645. The van der Waals surface area contributed by atoms with Gasteiger partial charge in [-0.15, -0.1) is 0 Å². The lowest BCUT2D eigenvalue weighted by atomic mass is 10.2. The summed E-state index contributed by atoms with van der Waals surface area (Å²) in [5, 5.41) is 2.43. The minimum atomic E-state index is -2.32. The highest BCUT2D eigenvalue weighted by Gasteiger charge is 2.01. The maximum Gasteiger partial charge on any atom is 0.328 e. The molecule has 6 heteroatoms. The van der Waals surface area contributed by atoms with E-state index in [1.807, 2.05) is 30.3 Å². The summed E-state index contributed by atoms with van der Waals surface area (Å²) in [5.74, 6) is 0. The van der Waals surface area contributed by atoms with Crippen molar-refractivity contribution in [3.8, 4) is 0 Å². The summed E-state index contributed by atoms with van der Waals surface area (Å²) in [7, 11) is 0. The van der Waals surface area contributed by atoms with Gasteiger partial charge >= 0.3 is 6.03 Å². The molecule has 5 nitrogen and oxygen atoms in total. The lowest BCUT2D eigenvalue weighted by Crippen LogP contribution is -2.35. The number of carbonyl (C=O) groups excluding carboxylic acids is 1. The second-order valence-electron chi connectivity index (χ2n) is 2.52. The third-order valence-corrected chi connectivity index (χ3v) is 1.84. The van der Waals surface area contributed by atoms with E-state index in [0.29, 0.717) is 6.54 Å². The summed E-state index contributed by atoms with van der Waals surface area (Å²) in [6.45, 7) is 0.323. The van der Waals surface area contributed by atoms with E-state index < -0.39 is 17.3 Å². The third kappa shape index (κ3) is 4.01. The van der Waals surface area contributed by atoms with Crippen molar-refractivity contribution in [2.75, 3.05) is 0 Å². The largest absolute Gasteiger partial charge is 0.333 e. The number of carbonyl (C=O) groups is 1. The average Bonchev–Trinajstić information content (AvgIpc) is 2.15. The molecule has 76 valence electrons. The number of urea groups is 1. The summed E-state index contributed by atoms with van der Waals surface area (Å²) >= 11 is -2.32. The van der Waals surface area contributed by atoms with Crippen LogP contribution in [0.4, 0.5) is 4.79 Å². The molecular weight excluding hydrogens is 204 g/mol. The molecule has 1 aromatic carbocycles. The molecule has 0 saturated carbocycles. The first-order chi connectivity index (χ1) is 6.68. The Morgan fingerprint density at radius 2 is 2.00 bits per heavy atom. The molecule has 1 unspecified atom stereocenters. The molecule has 3 N–H and O–H groups in total. The van der Waals surface area contributed by atoms with Gasteiger partial charge in [0.15, 0.2) is 0 Å². The van der Waals surface area contributed by atoms with Gasteiger partial charge in [-0.1, -0.05) is 30.3 Å². The van der Waals surface area contributed by atoms with E-state index in [-0.39, 0.29) is 0 Å². The molecule has 0 spiro atoms. The molecule has 2 amide bonds. The van der Waals surface area contributed by atoms with Gasteiger partial charge in [-0.3, -0.25) is 4.55 Å². The Hall–Kier alpha value is -1.40. The van der Waals surface area contributed by atoms with E-state index in [0.717, 1.165) is 5.56 Å². The Labute approximate surface area is 83.9 Å². The molecule has 0 aliphatic carbocycles. The lowest BCUT2D eigenvalue weighted by Gasteiger charge is -2.03. The SMILES string of the molecule is O=C(NCc1ccccc1)NS(=O)O. The molecule has 0 aliphatic heterocycles. The number of hydrogen-bond acceptors (Lipinski definition) is 2. The zero-order valence-electron chi connectivity index (χ0n) is 7.27. The summed E-state index contributed by atoms with van der Waals surface area (Å²) < 4.78 is 20.3. The van der Waals surface area contributed by atoms with E-state index in [1.165, 1.54) is 0 Å². The fourth-order valence-electron chi connectivity index (χ4n) is 0.894. The van der Waals surface area contributed by atoms with Crippen molar-refractivity contribution >= 4 is 17.3 Å². The minimum absolute atomic E-state index is 0.323. The van der Waals surface area contributed by atoms with Gasteiger partial charge in [-0.25, -0.2) is 13.7 Å². The predicted octanol–water partition coefficient (Wildman–Crippen LogP) is 0.623. The normalized spacial score (nSPS) is 11.8. The van der Waals surface area contributed by atoms with Gasteiger partial charge in [0.1, 0.15) is 0 Å². The number of rotatable bonds is 3. The van der Waals surface area contributed by atoms with E-state index in [1.54, 1.807) is 4.72 Å². The minimum Gasteiger partial charge on any atom is -0.333 e. The van der Waals surface area contributed by atoms with Crippen LogP contribution in [0.2, 0.25) is 0 Å². The van der Waals surface area contributed by atoms with Crippen molar-refractivity contribution in [3.05, 3.63) is 35.9 Å². The van der Waals surface area contributed by atoms with E-state index in [2.05, 4.69) is 5.32 Å². The van der Waals surface area contributed by atoms with Crippen LogP contribution in [-0.4, -0.2) is 14.8 Å². The van der Waals surface area contributed by atoms with Crippen LogP contribution < -0.4 is 10.0 Å². The standard InChI is InChI=1S/C8H10N2O3S/c11-8(10-14(12)13)9-6-7-4-2-1-3-5-7/h1-5H,6H2,(H,12,13)(H2,9,10,11). The summed E-state index contributed by atoms with van der Waals surface area (Å²) in [6.07, 6.45) is 0. The highest BCUT2D eigenvalue weighted by atomic mass is 32.2. The molecule has 0 aromatic heterocycles. The molecule has 0 fully saturated rings. The summed E-state index contributed by atoms with van der Waals surface area (Å²) in [6, 6.07) is 8.58. The first kappa shape index (κ1) is 10.7. The molecular formula is C8H10N2O3S. The van der Waals surface area contributed by atoms with Crippen LogP contribution in [0.1, 0.15) is 5.56 Å². The van der Waals surface area contributed by atoms with Gasteiger partial charge in [0.05, 0.1) is 0 Å². The van der Waals surface area contributed by atoms with Crippen LogP contribution in [0.25, 0.3) is 0 Å². The molecule has 0 radical (unpaired) electrons. The van der Waals surface area contributed by atoms with Crippen LogP contribution in [0, 0.1) is 0 Å². The molecule has 1 aromatic rings. The third-order valence-electron chi connectivity index (χ3n) is 1.48. The topological polar surface area (TPSA) is 78.4 Å². The van der Waals surface area contributed by atoms with Gasteiger partial charge < -0.3 is 5.32 Å². The molecule has 1 atom stereocenters. The van der Waals surface area contributed by atoms with Crippen molar-refractivity contribution in [3.63, 3.8) is 0 Å². The fourth-order valence-corrected chi connectivity index (χ4v) is 1.12. The van der Waals surface area contributed by atoms with Crippen molar-refractivity contribution in [1.82, 2.24) is 10.0 Å². The predicted molar refractivity (Wildman–Crippen MR) is 52.6 cm³/mol. The highest BCUT2D eigenvalue weighted by Crippen LogP contribution is 1.96. The van der Waals surface area contributed by atoms with E-state index in [9.17, 15) is 9.00 Å². The second kappa shape index (κ2) is 5.36. The van der Waals surface area contributed by atoms with E-state index in [4.69, 9.17) is 4.55 Å². The average molecular weight is 214 g/mol. The maximum atomic E-state index is 10.9. The summed E-state index contributed by atoms with van der Waals surface area (Å²) in [4.78, 5) is 10.9. The maximum absolute atomic E-state index is 10.9. The Bertz CT molecular complexity index is 329. The van der Waals surface area contributed by atoms with Crippen LogP contribution in [0.3, 0.4) is 0 Å². The molecule has 14 heavy (non-hydrogen) atoms. The zero-order valence-corrected chi connectivity index (χ0v) is 8.08. The monoisotopic (exact) mass is 214 g/mol. The number of benzene rings is 1. The van der Waals surface area contributed by atoms with Crippen molar-refractivity contribution in [2.45, 2.75) is 6.54 Å². The number of amides is 2. The molecule has 0 bridgehead atoms. The molecule has 0 aliphatic rings. The fraction of sp³-hybridized carbons (Fsp3) is 0.125. The second-order valence-corrected chi connectivity index (χ2v) is 3.22. The molecule has 0 saturated heterocycles. The van der Waals surface area contributed by atoms with Crippen molar-refractivity contribution in [2.24, 2.45) is 0 Å². The first-order valence-electron chi connectivity index (χ1n) is 3.88. The van der Waals surface area contributed by atoms with Crippen LogP contribution in [-0.2, 0) is 17.8 Å². The van der Waals surface area contributed by atoms with Gasteiger partial charge in [-0.05, 0) is 5.56 Å². The van der Waals surface area contributed by atoms with Crippen molar-refractivity contribution in [1.29, 1.82) is 0 Å². The van der Waals surface area contributed by atoms with Crippen LogP contribution in [0.15, 0.2) is 30.3 Å². The van der Waals surface area contributed by atoms with Crippen LogP contribution in [0.5, 0.6) is 0 Å². The van der Waals surface area contributed by atoms with Crippen LogP contribution >= 0.6 is 0 Å². The van der Waals surface area contributed by atoms with E-state index >= 15 is 0 Å². The molecule has 1 rings (SSSR count). The zero-order chi connectivity index (χ0) is 10.4. The smallest absolute Gasteiger partial charge is 0.328 e. The number of nitrogens with one attached hydrogen (secondary N) is 2. The van der Waals surface area contributed by atoms with Gasteiger partial charge in [0.25, 0.3) is 11.3 Å². The Morgan fingerprint density at radius 1 is 1.36 bits per heavy atom. The van der Waals surface area contributed by atoms with Gasteiger partial charge in [-0.2, -0.15) is 0 Å². The first-order valence-corrected chi connectivity index (χ1v) is 4.98. The lowest BCUT2D eigenvalue weighted by molar-refractivity contribution is 0.245. The number of hydrogen-bond donors (Lipinski definition) is 3. The Morgan fingerprint density at radius 3 is 2.57 bits per heavy atom. The Kier molecular flexibility index (Phi) is 4.09. The van der Waals surface area contributed by atoms with Gasteiger partial charge in [0.2, 0.25) is 0 Å². The Balaban J connectivity index is 2.34. The van der Waals surface area contributed by atoms with Gasteiger partial charge in [0, 0.05) is 6.54 Å².